The van der Waals surface area contributed by atoms with Crippen LogP contribution >= 0.6 is 0 Å². The number of carbonyl (C=O) groups excluding carboxylic acids is 1. The summed E-state index contributed by atoms with van der Waals surface area (Å²) in [6.45, 7) is 1.02. The zero-order chi connectivity index (χ0) is 11.6. The van der Waals surface area contributed by atoms with Gasteiger partial charge in [0.1, 0.15) is 11.3 Å². The molecule has 0 radical (unpaired) electrons. The van der Waals surface area contributed by atoms with Gasteiger partial charge in [0.2, 0.25) is 0 Å². The summed E-state index contributed by atoms with van der Waals surface area (Å²) in [5.41, 5.74) is -0.607. The standard InChI is InChI=1S/C9H6F2O4/c1-4(12)15-8-3-7(11)6(10)2-5(8)9(13)14/h2-3H,1H3,(H,13,14). The SMILES string of the molecule is CC(=O)Oc1cc(F)c(F)cc1C(=O)O. The lowest BCUT2D eigenvalue weighted by Gasteiger charge is -2.05. The number of hydrogen-bond donors (Lipinski definition) is 1. The molecule has 15 heavy (non-hydrogen) atoms. The summed E-state index contributed by atoms with van der Waals surface area (Å²) in [5.74, 6) is -5.44. The molecule has 0 atom stereocenters. The van der Waals surface area contributed by atoms with E-state index in [1.165, 1.54) is 0 Å². The summed E-state index contributed by atoms with van der Waals surface area (Å²) in [7, 11) is 0. The van der Waals surface area contributed by atoms with Gasteiger partial charge in [0.05, 0.1) is 0 Å². The van der Waals surface area contributed by atoms with E-state index in [1.807, 2.05) is 0 Å². The van der Waals surface area contributed by atoms with Crippen LogP contribution in [0.3, 0.4) is 0 Å². The predicted molar refractivity (Wildman–Crippen MR) is 44.6 cm³/mol. The molecule has 1 aromatic carbocycles. The van der Waals surface area contributed by atoms with Gasteiger partial charge in [-0.2, -0.15) is 0 Å². The van der Waals surface area contributed by atoms with Crippen LogP contribution in [0.2, 0.25) is 0 Å². The van der Waals surface area contributed by atoms with Gasteiger partial charge in [0.25, 0.3) is 0 Å². The first kappa shape index (κ1) is 11.1. The zero-order valence-electron chi connectivity index (χ0n) is 7.58. The van der Waals surface area contributed by atoms with Crippen molar-refractivity contribution in [2.24, 2.45) is 0 Å². The van der Waals surface area contributed by atoms with Crippen molar-refractivity contribution in [1.29, 1.82) is 0 Å². The molecule has 0 aromatic heterocycles. The molecule has 0 aliphatic heterocycles. The number of esters is 1. The van der Waals surface area contributed by atoms with E-state index in [-0.39, 0.29) is 0 Å². The average molecular weight is 216 g/mol. The average Bonchev–Trinajstić information content (AvgIpc) is 2.09. The number of aromatic carboxylic acids is 1. The molecule has 0 bridgehead atoms. The van der Waals surface area contributed by atoms with Crippen molar-refractivity contribution in [3.63, 3.8) is 0 Å². The number of carbonyl (C=O) groups is 2. The minimum Gasteiger partial charge on any atom is -0.478 e. The first-order valence-corrected chi connectivity index (χ1v) is 3.82. The summed E-state index contributed by atoms with van der Waals surface area (Å²) in [6.07, 6.45) is 0. The molecule has 80 valence electrons. The molecule has 1 aromatic rings. The number of benzene rings is 1. The van der Waals surface area contributed by atoms with Crippen molar-refractivity contribution in [3.05, 3.63) is 29.3 Å². The Morgan fingerprint density at radius 1 is 1.27 bits per heavy atom. The molecular formula is C9H6F2O4. The van der Waals surface area contributed by atoms with Gasteiger partial charge in [-0.25, -0.2) is 13.6 Å². The molecule has 0 spiro atoms. The third kappa shape index (κ3) is 2.49. The summed E-state index contributed by atoms with van der Waals surface area (Å²) in [4.78, 5) is 21.1. The largest absolute Gasteiger partial charge is 0.478 e. The quantitative estimate of drug-likeness (QED) is 0.602. The van der Waals surface area contributed by atoms with Crippen LogP contribution in [-0.4, -0.2) is 17.0 Å². The summed E-state index contributed by atoms with van der Waals surface area (Å²) < 4.78 is 29.8. The molecule has 0 amide bonds. The second kappa shape index (κ2) is 4.04. The Kier molecular flexibility index (Phi) is 2.99. The first-order chi connectivity index (χ1) is 6.91. The van der Waals surface area contributed by atoms with Crippen LogP contribution in [0.1, 0.15) is 17.3 Å². The van der Waals surface area contributed by atoms with Crippen LogP contribution in [0.15, 0.2) is 12.1 Å². The molecule has 0 aliphatic carbocycles. The van der Waals surface area contributed by atoms with Crippen molar-refractivity contribution in [2.75, 3.05) is 0 Å². The number of rotatable bonds is 2. The fourth-order valence-corrected chi connectivity index (χ4v) is 0.935. The maximum atomic E-state index is 12.7. The molecule has 0 heterocycles. The molecule has 0 saturated carbocycles. The first-order valence-electron chi connectivity index (χ1n) is 3.82. The van der Waals surface area contributed by atoms with Gasteiger partial charge in [0.15, 0.2) is 11.6 Å². The smallest absolute Gasteiger partial charge is 0.339 e. The van der Waals surface area contributed by atoms with Gasteiger partial charge in [-0.3, -0.25) is 4.79 Å². The number of halogens is 2. The number of hydrogen-bond acceptors (Lipinski definition) is 3. The maximum Gasteiger partial charge on any atom is 0.339 e. The molecule has 6 heteroatoms. The molecule has 0 aliphatic rings. The third-order valence-electron chi connectivity index (χ3n) is 1.51. The molecule has 1 rings (SSSR count). The molecule has 4 nitrogen and oxygen atoms in total. The summed E-state index contributed by atoms with van der Waals surface area (Å²) >= 11 is 0. The van der Waals surface area contributed by atoms with Crippen molar-refractivity contribution in [3.8, 4) is 5.75 Å². The Balaban J connectivity index is 3.28. The maximum absolute atomic E-state index is 12.7. The Morgan fingerprint density at radius 2 is 1.80 bits per heavy atom. The molecule has 0 fully saturated rings. The van der Waals surface area contributed by atoms with Crippen LogP contribution < -0.4 is 4.74 Å². The van der Waals surface area contributed by atoms with Crippen molar-refractivity contribution in [1.82, 2.24) is 0 Å². The van der Waals surface area contributed by atoms with Crippen molar-refractivity contribution in [2.45, 2.75) is 6.92 Å². The minimum atomic E-state index is -1.51. The van der Waals surface area contributed by atoms with E-state index >= 15 is 0 Å². The van der Waals surface area contributed by atoms with Crippen molar-refractivity contribution >= 4 is 11.9 Å². The fourth-order valence-electron chi connectivity index (χ4n) is 0.935. The fraction of sp³-hybridized carbons (Fsp3) is 0.111. The Bertz CT molecular complexity index is 428. The summed E-state index contributed by atoms with van der Waals surface area (Å²) in [5, 5.41) is 8.61. The lowest BCUT2D eigenvalue weighted by Crippen LogP contribution is -2.08. The molecular weight excluding hydrogens is 210 g/mol. The zero-order valence-corrected chi connectivity index (χ0v) is 7.58. The Morgan fingerprint density at radius 3 is 2.27 bits per heavy atom. The van der Waals surface area contributed by atoms with E-state index in [4.69, 9.17) is 5.11 Å². The van der Waals surface area contributed by atoms with Crippen LogP contribution in [-0.2, 0) is 4.79 Å². The predicted octanol–water partition coefficient (Wildman–Crippen LogP) is 1.59. The molecule has 0 saturated heterocycles. The highest BCUT2D eigenvalue weighted by molar-refractivity contribution is 5.91. The highest BCUT2D eigenvalue weighted by Gasteiger charge is 2.17. The molecule has 0 unspecified atom stereocenters. The van der Waals surface area contributed by atoms with E-state index in [0.717, 1.165) is 6.92 Å². The lowest BCUT2D eigenvalue weighted by atomic mass is 10.2. The lowest BCUT2D eigenvalue weighted by molar-refractivity contribution is -0.131. The highest BCUT2D eigenvalue weighted by Crippen LogP contribution is 2.22. The van der Waals surface area contributed by atoms with E-state index in [0.29, 0.717) is 12.1 Å². The van der Waals surface area contributed by atoms with Crippen LogP contribution in [0.5, 0.6) is 5.75 Å². The van der Waals surface area contributed by atoms with Gasteiger partial charge in [-0.1, -0.05) is 0 Å². The van der Waals surface area contributed by atoms with Gasteiger partial charge in [-0.05, 0) is 6.07 Å². The van der Waals surface area contributed by atoms with E-state index in [9.17, 15) is 18.4 Å². The van der Waals surface area contributed by atoms with Gasteiger partial charge < -0.3 is 9.84 Å². The highest BCUT2D eigenvalue weighted by atomic mass is 19.2. The van der Waals surface area contributed by atoms with E-state index in [2.05, 4.69) is 4.74 Å². The second-order valence-corrected chi connectivity index (χ2v) is 2.66. The third-order valence-corrected chi connectivity index (χ3v) is 1.51. The van der Waals surface area contributed by atoms with E-state index < -0.39 is 34.9 Å². The van der Waals surface area contributed by atoms with Gasteiger partial charge in [0, 0.05) is 13.0 Å². The van der Waals surface area contributed by atoms with Gasteiger partial charge >= 0.3 is 11.9 Å². The topological polar surface area (TPSA) is 63.6 Å². The normalized spacial score (nSPS) is 9.80. The van der Waals surface area contributed by atoms with Crippen LogP contribution in [0, 0.1) is 11.6 Å². The number of carboxylic acids is 1. The number of carboxylic acid groups (broad SMARTS) is 1. The van der Waals surface area contributed by atoms with Gasteiger partial charge in [-0.15, -0.1) is 0 Å². The minimum absolute atomic E-state index is 0.454. The monoisotopic (exact) mass is 216 g/mol. The Labute approximate surface area is 83.1 Å². The van der Waals surface area contributed by atoms with E-state index in [1.54, 1.807) is 0 Å². The number of ether oxygens (including phenoxy) is 1. The van der Waals surface area contributed by atoms with Crippen molar-refractivity contribution < 1.29 is 28.2 Å². The second-order valence-electron chi connectivity index (χ2n) is 2.66. The van der Waals surface area contributed by atoms with Crippen LogP contribution in [0.25, 0.3) is 0 Å². The molecule has 1 N–H and O–H groups in total. The summed E-state index contributed by atoms with van der Waals surface area (Å²) in [6, 6.07) is 0.968. The van der Waals surface area contributed by atoms with Crippen LogP contribution in [0.4, 0.5) is 8.78 Å². The Hall–Kier alpha value is -1.98.